The molecule has 28 heavy (non-hydrogen) atoms. The highest BCUT2D eigenvalue weighted by atomic mass is 16.5. The Morgan fingerprint density at radius 2 is 2.04 bits per heavy atom. The smallest absolute Gasteiger partial charge is 0.249 e. The van der Waals surface area contributed by atoms with Crippen LogP contribution in [0.1, 0.15) is 38.5 Å². The van der Waals surface area contributed by atoms with Gasteiger partial charge >= 0.3 is 0 Å². The molecular weight excluding hydrogens is 358 g/mol. The lowest BCUT2D eigenvalue weighted by molar-refractivity contribution is -0.131. The summed E-state index contributed by atoms with van der Waals surface area (Å²) in [5.74, 6) is 0.833. The summed E-state index contributed by atoms with van der Waals surface area (Å²) < 4.78 is 11.7. The fourth-order valence-electron chi connectivity index (χ4n) is 4.28. The molecule has 154 valence electrons. The second-order valence-electron chi connectivity index (χ2n) is 7.89. The number of carbonyl (C=O) groups is 1. The van der Waals surface area contributed by atoms with Gasteiger partial charge in [0.1, 0.15) is 6.10 Å². The molecule has 8 heteroatoms. The maximum atomic E-state index is 12.4. The van der Waals surface area contributed by atoms with Gasteiger partial charge in [-0.2, -0.15) is 0 Å². The van der Waals surface area contributed by atoms with Gasteiger partial charge < -0.3 is 25.0 Å². The number of hydrogen-bond donors (Lipinski definition) is 2. The molecule has 4 heterocycles. The summed E-state index contributed by atoms with van der Waals surface area (Å²) in [4.78, 5) is 23.3. The quantitative estimate of drug-likeness (QED) is 0.747. The average Bonchev–Trinajstić information content (AvgIpc) is 3.29. The number of nitrogens with zero attached hydrogens (tertiary/aromatic N) is 3. The van der Waals surface area contributed by atoms with Crippen LogP contribution in [0.3, 0.4) is 0 Å². The number of rotatable bonds is 6. The normalized spacial score (nSPS) is 29.0. The molecule has 0 spiro atoms. The Bertz CT molecular complexity index is 618. The van der Waals surface area contributed by atoms with Gasteiger partial charge in [-0.1, -0.05) is 0 Å². The zero-order chi connectivity index (χ0) is 19.2. The molecule has 4 rings (SSSR count). The zero-order valence-electron chi connectivity index (χ0n) is 16.4. The number of anilines is 1. The van der Waals surface area contributed by atoms with Crippen molar-refractivity contribution in [3.8, 4) is 0 Å². The number of carbonyl (C=O) groups excluding carboxylic acids is 1. The molecule has 3 aliphatic rings. The molecule has 0 aliphatic carbocycles. The van der Waals surface area contributed by atoms with Crippen molar-refractivity contribution in [3.05, 3.63) is 18.5 Å². The fraction of sp³-hybridized carbons (Fsp3) is 0.750. The molecule has 3 aliphatic heterocycles. The van der Waals surface area contributed by atoms with Gasteiger partial charge in [-0.15, -0.1) is 0 Å². The first-order chi connectivity index (χ1) is 13.8. The van der Waals surface area contributed by atoms with Crippen molar-refractivity contribution in [1.82, 2.24) is 20.6 Å². The van der Waals surface area contributed by atoms with Gasteiger partial charge in [0.05, 0.1) is 18.8 Å². The van der Waals surface area contributed by atoms with Crippen LogP contribution in [-0.2, 0) is 14.3 Å². The monoisotopic (exact) mass is 389 g/mol. The van der Waals surface area contributed by atoms with Gasteiger partial charge in [0.25, 0.3) is 0 Å². The molecule has 0 radical (unpaired) electrons. The van der Waals surface area contributed by atoms with E-state index in [4.69, 9.17) is 9.47 Å². The highest BCUT2D eigenvalue weighted by molar-refractivity contribution is 5.81. The third kappa shape index (κ3) is 4.98. The number of piperidine rings is 2. The highest BCUT2D eigenvalue weighted by Gasteiger charge is 2.31. The predicted octanol–water partition coefficient (Wildman–Crippen LogP) is 0.878. The Kier molecular flexibility index (Phi) is 6.72. The lowest BCUT2D eigenvalue weighted by Crippen LogP contribution is -2.57. The lowest BCUT2D eigenvalue weighted by Gasteiger charge is -2.36. The molecule has 2 N–H and O–H groups in total. The van der Waals surface area contributed by atoms with E-state index in [-0.39, 0.29) is 30.2 Å². The summed E-state index contributed by atoms with van der Waals surface area (Å²) in [7, 11) is 0. The van der Waals surface area contributed by atoms with Crippen molar-refractivity contribution in [2.24, 2.45) is 0 Å². The molecule has 3 fully saturated rings. The molecule has 0 saturated carbocycles. The molecule has 1 aromatic rings. The lowest BCUT2D eigenvalue weighted by atomic mass is 9.98. The van der Waals surface area contributed by atoms with Crippen LogP contribution in [0.5, 0.6) is 0 Å². The molecule has 3 saturated heterocycles. The van der Waals surface area contributed by atoms with E-state index in [0.717, 1.165) is 64.1 Å². The molecule has 1 aromatic heterocycles. The van der Waals surface area contributed by atoms with Crippen molar-refractivity contribution in [2.45, 2.75) is 62.8 Å². The van der Waals surface area contributed by atoms with Crippen LogP contribution in [0.2, 0.25) is 0 Å². The van der Waals surface area contributed by atoms with E-state index in [1.165, 1.54) is 0 Å². The Morgan fingerprint density at radius 3 is 2.79 bits per heavy atom. The van der Waals surface area contributed by atoms with Crippen LogP contribution in [0.25, 0.3) is 0 Å². The van der Waals surface area contributed by atoms with Gasteiger partial charge in [-0.25, -0.2) is 9.97 Å². The zero-order valence-corrected chi connectivity index (χ0v) is 16.4. The number of aromatic nitrogens is 2. The Morgan fingerprint density at radius 1 is 1.21 bits per heavy atom. The largest absolute Gasteiger partial charge is 0.376 e. The van der Waals surface area contributed by atoms with Gasteiger partial charge in [-0.3, -0.25) is 4.79 Å². The maximum absolute atomic E-state index is 12.4. The van der Waals surface area contributed by atoms with Crippen molar-refractivity contribution in [3.63, 3.8) is 0 Å². The molecule has 8 nitrogen and oxygen atoms in total. The molecule has 0 bridgehead atoms. The Hall–Kier alpha value is -1.77. The summed E-state index contributed by atoms with van der Waals surface area (Å²) >= 11 is 0. The van der Waals surface area contributed by atoms with Gasteiger partial charge in [0, 0.05) is 38.1 Å². The van der Waals surface area contributed by atoms with Crippen LogP contribution < -0.4 is 15.5 Å². The fourth-order valence-corrected chi connectivity index (χ4v) is 4.28. The first-order valence-corrected chi connectivity index (χ1v) is 10.6. The van der Waals surface area contributed by atoms with E-state index >= 15 is 0 Å². The average molecular weight is 390 g/mol. The third-order valence-electron chi connectivity index (χ3n) is 5.92. The Balaban J connectivity index is 1.22. The van der Waals surface area contributed by atoms with E-state index in [1.54, 1.807) is 12.4 Å². The number of hydrogen-bond acceptors (Lipinski definition) is 7. The van der Waals surface area contributed by atoms with E-state index in [9.17, 15) is 4.79 Å². The van der Waals surface area contributed by atoms with Gasteiger partial charge in [-0.05, 0) is 51.1 Å². The molecule has 1 amide bonds. The molecule has 0 aromatic carbocycles. The topological polar surface area (TPSA) is 88.6 Å². The Labute approximate surface area is 166 Å². The van der Waals surface area contributed by atoms with Crippen LogP contribution >= 0.6 is 0 Å². The number of ether oxygens (including phenoxy) is 2. The van der Waals surface area contributed by atoms with Gasteiger partial charge in [0.2, 0.25) is 11.9 Å². The summed E-state index contributed by atoms with van der Waals surface area (Å²) in [6, 6.07) is 2.11. The van der Waals surface area contributed by atoms with Crippen molar-refractivity contribution in [1.29, 1.82) is 0 Å². The summed E-state index contributed by atoms with van der Waals surface area (Å²) in [5.41, 5.74) is 0. The van der Waals surface area contributed by atoms with Crippen LogP contribution in [0.4, 0.5) is 5.95 Å². The molecule has 3 atom stereocenters. The number of amides is 1. The van der Waals surface area contributed by atoms with Crippen LogP contribution in [-0.4, -0.2) is 73.0 Å². The van der Waals surface area contributed by atoms with E-state index in [2.05, 4.69) is 25.5 Å². The van der Waals surface area contributed by atoms with E-state index in [0.29, 0.717) is 13.2 Å². The van der Waals surface area contributed by atoms with Crippen molar-refractivity contribution >= 4 is 11.9 Å². The maximum Gasteiger partial charge on any atom is 0.249 e. The SMILES string of the molecule is O=C(NC1CCCNC1COC1CCN(c2ncccn2)CC1)[C@@H]1CCCO1. The minimum atomic E-state index is -0.270. The first-order valence-electron chi connectivity index (χ1n) is 10.6. The minimum Gasteiger partial charge on any atom is -0.376 e. The van der Waals surface area contributed by atoms with Crippen molar-refractivity contribution in [2.75, 3.05) is 37.7 Å². The van der Waals surface area contributed by atoms with E-state index in [1.807, 2.05) is 6.07 Å². The standard InChI is InChI=1S/C20H31N5O3/c26-19(18-5-2-13-27-18)24-16-4-1-8-21-17(16)14-28-15-6-11-25(12-7-15)20-22-9-3-10-23-20/h3,9-10,15-18,21H,1-2,4-8,11-14H2,(H,24,26)/t16?,17?,18-/m0/s1. The summed E-state index contributed by atoms with van der Waals surface area (Å²) in [6.07, 6.45) is 9.35. The number of nitrogens with one attached hydrogen (secondary N) is 2. The van der Waals surface area contributed by atoms with Gasteiger partial charge in [0.15, 0.2) is 0 Å². The second kappa shape index (κ2) is 9.62. The third-order valence-corrected chi connectivity index (χ3v) is 5.92. The predicted molar refractivity (Wildman–Crippen MR) is 105 cm³/mol. The van der Waals surface area contributed by atoms with Crippen LogP contribution in [0, 0.1) is 0 Å². The van der Waals surface area contributed by atoms with Crippen LogP contribution in [0.15, 0.2) is 18.5 Å². The van der Waals surface area contributed by atoms with E-state index < -0.39 is 0 Å². The molecule has 2 unspecified atom stereocenters. The summed E-state index contributed by atoms with van der Waals surface area (Å²) in [6.45, 7) is 4.12. The first kappa shape index (κ1) is 19.5. The highest BCUT2D eigenvalue weighted by Crippen LogP contribution is 2.19. The van der Waals surface area contributed by atoms with Crippen molar-refractivity contribution < 1.29 is 14.3 Å². The molecular formula is C20H31N5O3. The second-order valence-corrected chi connectivity index (χ2v) is 7.89. The minimum absolute atomic E-state index is 0.0346. The summed E-state index contributed by atoms with van der Waals surface area (Å²) in [5, 5.41) is 6.72.